The third kappa shape index (κ3) is 6.32. The zero-order valence-corrected chi connectivity index (χ0v) is 14.9. The molecule has 6 heteroatoms. The molecule has 2 N–H and O–H groups in total. The lowest BCUT2D eigenvalue weighted by molar-refractivity contribution is 0.0950. The number of aliphatic hydroxyl groups is 1. The number of hydrogen-bond donors (Lipinski definition) is 2. The highest BCUT2D eigenvalue weighted by atomic mass is 16.5. The highest BCUT2D eigenvalue weighted by Crippen LogP contribution is 2.20. The number of benzene rings is 1. The normalized spacial score (nSPS) is 12.1. The minimum Gasteiger partial charge on any atom is -0.490 e. The molecule has 0 amide bonds. The van der Waals surface area contributed by atoms with E-state index in [9.17, 15) is 9.90 Å². The lowest BCUT2D eigenvalue weighted by Gasteiger charge is -2.15. The summed E-state index contributed by atoms with van der Waals surface area (Å²) in [6.07, 6.45) is 5.13. The molecule has 1 heterocycles. The zero-order chi connectivity index (χ0) is 18.1. The van der Waals surface area contributed by atoms with Crippen molar-refractivity contribution in [3.8, 4) is 5.75 Å². The van der Waals surface area contributed by atoms with Gasteiger partial charge in [-0.2, -0.15) is 5.10 Å². The molecule has 0 spiro atoms. The summed E-state index contributed by atoms with van der Waals surface area (Å²) < 4.78 is 7.41. The number of nitrogens with zero attached hydrogens (tertiary/aromatic N) is 2. The van der Waals surface area contributed by atoms with Gasteiger partial charge in [0, 0.05) is 26.2 Å². The average Bonchev–Trinajstić information content (AvgIpc) is 3.04. The third-order valence-electron chi connectivity index (χ3n) is 3.82. The van der Waals surface area contributed by atoms with Crippen molar-refractivity contribution >= 4 is 5.78 Å². The summed E-state index contributed by atoms with van der Waals surface area (Å²) in [7, 11) is 1.86. The fraction of sp³-hybridized carbons (Fsp3) is 0.474. The largest absolute Gasteiger partial charge is 0.490 e. The van der Waals surface area contributed by atoms with Crippen molar-refractivity contribution in [3.63, 3.8) is 0 Å². The van der Waals surface area contributed by atoms with Gasteiger partial charge in [0.1, 0.15) is 18.5 Å². The lowest BCUT2D eigenvalue weighted by atomic mass is 10.0. The standard InChI is InChI=1S/C19H27N3O3/c1-3-10-20-12-16(23)14-25-19-7-5-4-6-17(19)18(24)9-8-15-11-21-22(2)13-15/h4-7,11,13,16,20,23H,3,8-10,12,14H2,1-2H3. The van der Waals surface area contributed by atoms with Crippen LogP contribution in [0.1, 0.15) is 35.7 Å². The summed E-state index contributed by atoms with van der Waals surface area (Å²) in [5.41, 5.74) is 1.59. The predicted molar refractivity (Wildman–Crippen MR) is 97.0 cm³/mol. The van der Waals surface area contributed by atoms with Crippen LogP contribution in [0.2, 0.25) is 0 Å². The first kappa shape index (κ1) is 19.1. The van der Waals surface area contributed by atoms with Gasteiger partial charge in [-0.3, -0.25) is 9.48 Å². The Kier molecular flexibility index (Phi) is 7.63. The van der Waals surface area contributed by atoms with Crippen LogP contribution in [0.5, 0.6) is 5.75 Å². The molecule has 2 rings (SSSR count). The van der Waals surface area contributed by atoms with Gasteiger partial charge in [0.15, 0.2) is 5.78 Å². The Morgan fingerprint density at radius 1 is 1.40 bits per heavy atom. The van der Waals surface area contributed by atoms with E-state index in [4.69, 9.17) is 4.74 Å². The molecule has 1 unspecified atom stereocenters. The van der Waals surface area contributed by atoms with Crippen molar-refractivity contribution in [3.05, 3.63) is 47.8 Å². The number of aliphatic hydroxyl groups excluding tert-OH is 1. The summed E-state index contributed by atoms with van der Waals surface area (Å²) in [4.78, 5) is 12.5. The van der Waals surface area contributed by atoms with E-state index in [0.29, 0.717) is 30.7 Å². The number of ketones is 1. The summed E-state index contributed by atoms with van der Waals surface area (Å²) in [5.74, 6) is 0.547. The first-order valence-corrected chi connectivity index (χ1v) is 8.71. The molecular formula is C19H27N3O3. The van der Waals surface area contributed by atoms with Gasteiger partial charge < -0.3 is 15.2 Å². The van der Waals surface area contributed by atoms with E-state index in [1.165, 1.54) is 0 Å². The molecule has 1 aromatic heterocycles. The van der Waals surface area contributed by atoms with E-state index in [-0.39, 0.29) is 12.4 Å². The van der Waals surface area contributed by atoms with E-state index >= 15 is 0 Å². The molecule has 6 nitrogen and oxygen atoms in total. The van der Waals surface area contributed by atoms with E-state index in [1.807, 2.05) is 25.4 Å². The van der Waals surface area contributed by atoms with E-state index in [0.717, 1.165) is 18.5 Å². The Balaban J connectivity index is 1.89. The van der Waals surface area contributed by atoms with Crippen LogP contribution < -0.4 is 10.1 Å². The molecule has 1 aromatic carbocycles. The first-order chi connectivity index (χ1) is 12.1. The summed E-state index contributed by atoms with van der Waals surface area (Å²) in [6, 6.07) is 7.18. The van der Waals surface area contributed by atoms with Gasteiger partial charge in [-0.05, 0) is 37.1 Å². The number of Topliss-reactive ketones (excluding diaryl/α,β-unsaturated/α-hetero) is 1. The average molecular weight is 345 g/mol. The van der Waals surface area contributed by atoms with Crippen LogP contribution in [0.4, 0.5) is 0 Å². The van der Waals surface area contributed by atoms with Crippen LogP contribution in [0.25, 0.3) is 0 Å². The number of carbonyl (C=O) groups is 1. The van der Waals surface area contributed by atoms with Crippen LogP contribution in [-0.2, 0) is 13.5 Å². The van der Waals surface area contributed by atoms with Crippen molar-refractivity contribution in [1.29, 1.82) is 0 Å². The van der Waals surface area contributed by atoms with Gasteiger partial charge in [-0.25, -0.2) is 0 Å². The number of ether oxygens (including phenoxy) is 1. The maximum absolute atomic E-state index is 12.5. The maximum atomic E-state index is 12.5. The Labute approximate surface area is 148 Å². The van der Waals surface area contributed by atoms with Crippen LogP contribution in [-0.4, -0.2) is 46.5 Å². The van der Waals surface area contributed by atoms with Gasteiger partial charge >= 0.3 is 0 Å². The maximum Gasteiger partial charge on any atom is 0.166 e. The highest BCUT2D eigenvalue weighted by molar-refractivity contribution is 5.98. The topological polar surface area (TPSA) is 76.4 Å². The molecule has 136 valence electrons. The number of nitrogens with one attached hydrogen (secondary N) is 1. The Bertz CT molecular complexity index is 669. The summed E-state index contributed by atoms with van der Waals surface area (Å²) in [6.45, 7) is 3.57. The van der Waals surface area contributed by atoms with E-state index in [2.05, 4.69) is 17.3 Å². The number of aryl methyl sites for hydroxylation is 2. The minimum absolute atomic E-state index is 0.0260. The Morgan fingerprint density at radius 2 is 2.20 bits per heavy atom. The SMILES string of the molecule is CCCNCC(O)COc1ccccc1C(=O)CCc1cnn(C)c1. The van der Waals surface area contributed by atoms with Crippen LogP contribution >= 0.6 is 0 Å². The third-order valence-corrected chi connectivity index (χ3v) is 3.82. The fourth-order valence-electron chi connectivity index (χ4n) is 2.51. The summed E-state index contributed by atoms with van der Waals surface area (Å²) in [5, 5.41) is 17.2. The van der Waals surface area contributed by atoms with E-state index in [1.54, 1.807) is 23.0 Å². The molecule has 2 aromatic rings. The molecule has 0 aliphatic heterocycles. The zero-order valence-electron chi connectivity index (χ0n) is 14.9. The molecule has 0 saturated carbocycles. The highest BCUT2D eigenvalue weighted by Gasteiger charge is 2.14. The number of rotatable bonds is 11. The first-order valence-electron chi connectivity index (χ1n) is 8.71. The Morgan fingerprint density at radius 3 is 2.92 bits per heavy atom. The van der Waals surface area contributed by atoms with E-state index < -0.39 is 6.10 Å². The van der Waals surface area contributed by atoms with Crippen molar-refractivity contribution in [2.45, 2.75) is 32.3 Å². The van der Waals surface area contributed by atoms with Crippen molar-refractivity contribution in [2.24, 2.45) is 7.05 Å². The molecule has 25 heavy (non-hydrogen) atoms. The van der Waals surface area contributed by atoms with Gasteiger partial charge in [-0.1, -0.05) is 19.1 Å². The molecule has 0 aliphatic rings. The quantitative estimate of drug-likeness (QED) is 0.481. The van der Waals surface area contributed by atoms with Crippen molar-refractivity contribution in [1.82, 2.24) is 15.1 Å². The van der Waals surface area contributed by atoms with Crippen LogP contribution in [0.3, 0.4) is 0 Å². The van der Waals surface area contributed by atoms with Gasteiger partial charge in [-0.15, -0.1) is 0 Å². The van der Waals surface area contributed by atoms with Crippen LogP contribution in [0.15, 0.2) is 36.7 Å². The molecule has 0 radical (unpaired) electrons. The number of aromatic nitrogens is 2. The number of carbonyl (C=O) groups excluding carboxylic acids is 1. The molecule has 0 aliphatic carbocycles. The molecule has 0 saturated heterocycles. The van der Waals surface area contributed by atoms with Crippen molar-refractivity contribution in [2.75, 3.05) is 19.7 Å². The van der Waals surface area contributed by atoms with Crippen molar-refractivity contribution < 1.29 is 14.6 Å². The fourth-order valence-corrected chi connectivity index (χ4v) is 2.51. The Hall–Kier alpha value is -2.18. The number of para-hydroxylation sites is 1. The smallest absolute Gasteiger partial charge is 0.166 e. The minimum atomic E-state index is -0.606. The van der Waals surface area contributed by atoms with Gasteiger partial charge in [0.25, 0.3) is 0 Å². The second-order valence-corrected chi connectivity index (χ2v) is 6.11. The second-order valence-electron chi connectivity index (χ2n) is 6.11. The molecule has 1 atom stereocenters. The van der Waals surface area contributed by atoms with Crippen LogP contribution in [0, 0.1) is 0 Å². The molecular weight excluding hydrogens is 318 g/mol. The van der Waals surface area contributed by atoms with Gasteiger partial charge in [0.05, 0.1) is 11.8 Å². The summed E-state index contributed by atoms with van der Waals surface area (Å²) >= 11 is 0. The molecule has 0 fully saturated rings. The second kappa shape index (κ2) is 9.96. The van der Waals surface area contributed by atoms with Gasteiger partial charge in [0.2, 0.25) is 0 Å². The predicted octanol–water partition coefficient (Wildman–Crippen LogP) is 1.97. The number of hydrogen-bond acceptors (Lipinski definition) is 5. The monoisotopic (exact) mass is 345 g/mol. The molecule has 0 bridgehead atoms. The lowest BCUT2D eigenvalue weighted by Crippen LogP contribution is -2.32.